The number of nitrogens with one attached hydrogen (secondary N) is 1. The van der Waals surface area contributed by atoms with Gasteiger partial charge in [-0.25, -0.2) is 0 Å². The summed E-state index contributed by atoms with van der Waals surface area (Å²) < 4.78 is 7.20. The summed E-state index contributed by atoms with van der Waals surface area (Å²) in [5.41, 5.74) is 1.23. The number of hydrogen-bond donors (Lipinski definition) is 1. The zero-order valence-corrected chi connectivity index (χ0v) is 8.29. The molecule has 0 spiro atoms. The lowest BCUT2D eigenvalue weighted by molar-refractivity contribution is 0.140. The van der Waals surface area contributed by atoms with Crippen LogP contribution in [0.2, 0.25) is 0 Å². The topological polar surface area (TPSA) is 39.1 Å². The molecule has 0 saturated heterocycles. The first-order valence-electron chi connectivity index (χ1n) is 4.53. The van der Waals surface area contributed by atoms with Crippen LogP contribution in [0.3, 0.4) is 0 Å². The average molecular weight is 183 g/mol. The lowest BCUT2D eigenvalue weighted by atomic mass is 10.3. The van der Waals surface area contributed by atoms with Gasteiger partial charge in [0.25, 0.3) is 0 Å². The van der Waals surface area contributed by atoms with Crippen LogP contribution >= 0.6 is 0 Å². The molecule has 0 unspecified atom stereocenters. The van der Waals surface area contributed by atoms with Gasteiger partial charge in [-0.1, -0.05) is 0 Å². The van der Waals surface area contributed by atoms with Crippen LogP contribution in [0.15, 0.2) is 12.4 Å². The van der Waals surface area contributed by atoms with Gasteiger partial charge in [-0.15, -0.1) is 0 Å². The van der Waals surface area contributed by atoms with E-state index in [9.17, 15) is 0 Å². The van der Waals surface area contributed by atoms with Crippen molar-refractivity contribution in [2.45, 2.75) is 6.42 Å². The number of ether oxygens (including phenoxy) is 1. The number of hydrogen-bond acceptors (Lipinski definition) is 3. The Bertz CT molecular complexity index is 235. The molecule has 0 atom stereocenters. The minimum atomic E-state index is 0.771. The van der Waals surface area contributed by atoms with Crippen LogP contribution < -0.4 is 5.32 Å². The predicted molar refractivity (Wildman–Crippen MR) is 51.7 cm³/mol. The molecule has 4 heteroatoms. The summed E-state index contributed by atoms with van der Waals surface area (Å²) in [5, 5.41) is 7.11. The van der Waals surface area contributed by atoms with Crippen molar-refractivity contribution in [3.05, 3.63) is 18.0 Å². The van der Waals surface area contributed by atoms with E-state index in [1.54, 1.807) is 0 Å². The van der Waals surface area contributed by atoms with Crippen LogP contribution in [0.5, 0.6) is 0 Å². The van der Waals surface area contributed by atoms with E-state index in [4.69, 9.17) is 4.74 Å². The van der Waals surface area contributed by atoms with E-state index in [1.807, 2.05) is 31.2 Å². The van der Waals surface area contributed by atoms with E-state index in [-0.39, 0.29) is 0 Å². The molecule has 1 aromatic heterocycles. The average Bonchev–Trinajstić information content (AvgIpc) is 2.51. The van der Waals surface area contributed by atoms with Crippen LogP contribution in [0.25, 0.3) is 0 Å². The van der Waals surface area contributed by atoms with Gasteiger partial charge in [0.15, 0.2) is 0 Å². The molecule has 0 fully saturated rings. The summed E-state index contributed by atoms with van der Waals surface area (Å²) in [6, 6.07) is 0. The molecule has 0 bridgehead atoms. The first-order chi connectivity index (χ1) is 6.33. The molecule has 0 aliphatic carbocycles. The lowest BCUT2D eigenvalue weighted by Gasteiger charge is -2.01. The van der Waals surface area contributed by atoms with E-state index in [2.05, 4.69) is 10.4 Å². The normalized spacial score (nSPS) is 10.6. The van der Waals surface area contributed by atoms with Crippen LogP contribution in [0.1, 0.15) is 5.56 Å². The first-order valence-corrected chi connectivity index (χ1v) is 4.53. The van der Waals surface area contributed by atoms with Crippen LogP contribution in [0.4, 0.5) is 0 Å². The second-order valence-electron chi connectivity index (χ2n) is 2.99. The first kappa shape index (κ1) is 10.2. The molecule has 0 aliphatic heterocycles. The lowest BCUT2D eigenvalue weighted by Crippen LogP contribution is -2.15. The second kappa shape index (κ2) is 5.72. The smallest absolute Gasteiger partial charge is 0.0590 e. The Kier molecular flexibility index (Phi) is 4.49. The quantitative estimate of drug-likeness (QED) is 0.640. The number of likely N-dealkylation sites (N-methyl/N-ethyl adjacent to an activating group) is 1. The maximum atomic E-state index is 5.39. The Balaban J connectivity index is 2.06. The molecule has 1 N–H and O–H groups in total. The highest BCUT2D eigenvalue weighted by Crippen LogP contribution is 1.97. The summed E-state index contributed by atoms with van der Waals surface area (Å²) in [5.74, 6) is 0. The molecule has 1 aromatic rings. The zero-order valence-electron chi connectivity index (χ0n) is 8.29. The Morgan fingerprint density at radius 2 is 2.38 bits per heavy atom. The van der Waals surface area contributed by atoms with Gasteiger partial charge in [-0.2, -0.15) is 5.10 Å². The van der Waals surface area contributed by atoms with Crippen molar-refractivity contribution in [2.24, 2.45) is 7.05 Å². The molecular weight excluding hydrogens is 166 g/mol. The third kappa shape index (κ3) is 4.05. The Morgan fingerprint density at radius 1 is 1.54 bits per heavy atom. The van der Waals surface area contributed by atoms with Gasteiger partial charge in [-0.3, -0.25) is 4.68 Å². The molecule has 0 amide bonds. The largest absolute Gasteiger partial charge is 0.380 e. The van der Waals surface area contributed by atoms with Crippen LogP contribution in [-0.4, -0.2) is 36.6 Å². The maximum Gasteiger partial charge on any atom is 0.0590 e. The highest BCUT2D eigenvalue weighted by molar-refractivity contribution is 5.03. The van der Waals surface area contributed by atoms with Crippen LogP contribution in [-0.2, 0) is 18.2 Å². The van der Waals surface area contributed by atoms with E-state index < -0.39 is 0 Å². The van der Waals surface area contributed by atoms with E-state index >= 15 is 0 Å². The van der Waals surface area contributed by atoms with E-state index in [0.29, 0.717) is 0 Å². The molecule has 0 radical (unpaired) electrons. The minimum absolute atomic E-state index is 0.771. The molecule has 4 nitrogen and oxygen atoms in total. The third-order valence-electron chi connectivity index (χ3n) is 1.79. The molecule has 74 valence electrons. The highest BCUT2D eigenvalue weighted by Gasteiger charge is 1.95. The molecule has 0 aliphatic rings. The fourth-order valence-electron chi connectivity index (χ4n) is 1.07. The molecule has 1 heterocycles. The van der Waals surface area contributed by atoms with Gasteiger partial charge in [0.1, 0.15) is 0 Å². The summed E-state index contributed by atoms with van der Waals surface area (Å²) in [4.78, 5) is 0. The van der Waals surface area contributed by atoms with Crippen molar-refractivity contribution in [3.8, 4) is 0 Å². The summed E-state index contributed by atoms with van der Waals surface area (Å²) in [7, 11) is 3.84. The predicted octanol–water partition coefficient (Wildman–Crippen LogP) is 0.199. The van der Waals surface area contributed by atoms with E-state index in [0.717, 1.165) is 26.2 Å². The van der Waals surface area contributed by atoms with Crippen LogP contribution in [0, 0.1) is 0 Å². The molecule has 13 heavy (non-hydrogen) atoms. The van der Waals surface area contributed by atoms with Crippen molar-refractivity contribution >= 4 is 0 Å². The number of rotatable bonds is 6. The van der Waals surface area contributed by atoms with Crippen molar-refractivity contribution in [3.63, 3.8) is 0 Å². The number of nitrogens with zero attached hydrogens (tertiary/aromatic N) is 2. The SMILES string of the molecule is CNCCOCCc1cnn(C)c1. The Labute approximate surface area is 78.9 Å². The second-order valence-corrected chi connectivity index (χ2v) is 2.99. The number of aryl methyl sites for hydroxylation is 1. The Morgan fingerprint density at radius 3 is 3.00 bits per heavy atom. The highest BCUT2D eigenvalue weighted by atomic mass is 16.5. The maximum absolute atomic E-state index is 5.39. The third-order valence-corrected chi connectivity index (χ3v) is 1.79. The van der Waals surface area contributed by atoms with Gasteiger partial charge < -0.3 is 10.1 Å². The van der Waals surface area contributed by atoms with Crippen molar-refractivity contribution < 1.29 is 4.74 Å². The summed E-state index contributed by atoms with van der Waals surface area (Å²) in [6.45, 7) is 2.46. The van der Waals surface area contributed by atoms with Gasteiger partial charge in [0, 0.05) is 19.8 Å². The number of aromatic nitrogens is 2. The molecule has 1 rings (SSSR count). The van der Waals surface area contributed by atoms with Gasteiger partial charge in [0.2, 0.25) is 0 Å². The fraction of sp³-hybridized carbons (Fsp3) is 0.667. The van der Waals surface area contributed by atoms with Crippen molar-refractivity contribution in [1.29, 1.82) is 0 Å². The zero-order chi connectivity index (χ0) is 9.52. The molecular formula is C9H17N3O. The molecule has 0 aromatic carbocycles. The molecule has 0 saturated carbocycles. The van der Waals surface area contributed by atoms with Gasteiger partial charge in [-0.05, 0) is 19.0 Å². The van der Waals surface area contributed by atoms with Crippen molar-refractivity contribution in [2.75, 3.05) is 26.8 Å². The van der Waals surface area contributed by atoms with Gasteiger partial charge in [0.05, 0.1) is 19.4 Å². The Hall–Kier alpha value is -0.870. The monoisotopic (exact) mass is 183 g/mol. The summed E-state index contributed by atoms with van der Waals surface area (Å²) >= 11 is 0. The van der Waals surface area contributed by atoms with E-state index in [1.165, 1.54) is 5.56 Å². The standard InChI is InChI=1S/C9H17N3O/c1-10-4-6-13-5-3-9-7-11-12(2)8-9/h7-8,10H,3-6H2,1-2H3. The van der Waals surface area contributed by atoms with Crippen molar-refractivity contribution in [1.82, 2.24) is 15.1 Å². The minimum Gasteiger partial charge on any atom is -0.380 e. The van der Waals surface area contributed by atoms with Gasteiger partial charge >= 0.3 is 0 Å². The fourth-order valence-corrected chi connectivity index (χ4v) is 1.07. The summed E-state index contributed by atoms with van der Waals surface area (Å²) in [6.07, 6.45) is 4.83.